The number of alkyl halides is 3. The summed E-state index contributed by atoms with van der Waals surface area (Å²) in [7, 11) is 0. The van der Waals surface area contributed by atoms with Crippen molar-refractivity contribution in [2.24, 2.45) is 5.73 Å². The molecule has 0 aliphatic heterocycles. The van der Waals surface area contributed by atoms with E-state index in [1.807, 2.05) is 0 Å². The fourth-order valence-corrected chi connectivity index (χ4v) is 1.95. The molecule has 0 aliphatic rings. The molecule has 0 spiro atoms. The second-order valence-corrected chi connectivity index (χ2v) is 4.36. The third-order valence-corrected chi connectivity index (χ3v) is 2.87. The van der Waals surface area contributed by atoms with Crippen molar-refractivity contribution in [3.05, 3.63) is 65.2 Å². The summed E-state index contributed by atoms with van der Waals surface area (Å²) in [6, 6.07) is 6.41. The van der Waals surface area contributed by atoms with Crippen molar-refractivity contribution in [1.29, 1.82) is 0 Å². The average Bonchev–Trinajstić information content (AvgIpc) is 2.38. The van der Waals surface area contributed by atoms with Crippen LogP contribution in [-0.4, -0.2) is 4.98 Å². The number of rotatable bonds is 3. The van der Waals surface area contributed by atoms with E-state index in [4.69, 9.17) is 5.73 Å². The number of benzene rings is 1. The normalized spacial score (nSPS) is 13.2. The number of hydrogen-bond acceptors (Lipinski definition) is 2. The van der Waals surface area contributed by atoms with Gasteiger partial charge in [0.05, 0.1) is 5.56 Å². The third-order valence-electron chi connectivity index (χ3n) is 2.87. The standard InChI is InChI=1S/C14H12F4N2/c15-9-4-5-12(14(16,17)18)11(7-9)13(19)8-10-3-1-2-6-20-10/h1-7,13H,8,19H2. The van der Waals surface area contributed by atoms with Gasteiger partial charge in [-0.25, -0.2) is 4.39 Å². The Bertz CT molecular complexity index is 581. The lowest BCUT2D eigenvalue weighted by molar-refractivity contribution is -0.138. The van der Waals surface area contributed by atoms with Crippen LogP contribution in [0.1, 0.15) is 22.9 Å². The zero-order valence-corrected chi connectivity index (χ0v) is 10.4. The number of halogens is 4. The van der Waals surface area contributed by atoms with Gasteiger partial charge in [-0.15, -0.1) is 0 Å². The van der Waals surface area contributed by atoms with Crippen LogP contribution < -0.4 is 5.73 Å². The highest BCUT2D eigenvalue weighted by molar-refractivity contribution is 5.33. The number of hydrogen-bond donors (Lipinski definition) is 1. The Morgan fingerprint density at radius 3 is 2.50 bits per heavy atom. The van der Waals surface area contributed by atoms with Gasteiger partial charge in [-0.05, 0) is 35.9 Å². The molecule has 2 aromatic rings. The topological polar surface area (TPSA) is 38.9 Å². The van der Waals surface area contributed by atoms with Crippen LogP contribution in [0.4, 0.5) is 17.6 Å². The summed E-state index contributed by atoms with van der Waals surface area (Å²) in [5, 5.41) is 0. The Kier molecular flexibility index (Phi) is 4.04. The quantitative estimate of drug-likeness (QED) is 0.876. The summed E-state index contributed by atoms with van der Waals surface area (Å²) < 4.78 is 51.9. The molecule has 0 saturated heterocycles. The summed E-state index contributed by atoms with van der Waals surface area (Å²) in [5.74, 6) is -0.746. The molecular weight excluding hydrogens is 272 g/mol. The molecule has 0 saturated carbocycles. The van der Waals surface area contributed by atoms with Crippen molar-refractivity contribution in [2.75, 3.05) is 0 Å². The SMILES string of the molecule is NC(Cc1ccccn1)c1cc(F)ccc1C(F)(F)F. The van der Waals surface area contributed by atoms with E-state index in [0.29, 0.717) is 11.8 Å². The lowest BCUT2D eigenvalue weighted by Crippen LogP contribution is -2.20. The van der Waals surface area contributed by atoms with Crippen molar-refractivity contribution < 1.29 is 17.6 Å². The molecule has 1 aromatic carbocycles. The van der Waals surface area contributed by atoms with Crippen LogP contribution in [0.15, 0.2) is 42.6 Å². The molecule has 6 heteroatoms. The van der Waals surface area contributed by atoms with Crippen LogP contribution in [0, 0.1) is 5.82 Å². The number of nitrogens with two attached hydrogens (primary N) is 1. The molecular formula is C14H12F4N2. The molecule has 2 rings (SSSR count). The van der Waals surface area contributed by atoms with Gasteiger partial charge in [-0.1, -0.05) is 6.07 Å². The van der Waals surface area contributed by atoms with Crippen LogP contribution in [0.3, 0.4) is 0 Å². The Balaban J connectivity index is 2.34. The van der Waals surface area contributed by atoms with Crippen LogP contribution in [-0.2, 0) is 12.6 Å². The first-order valence-corrected chi connectivity index (χ1v) is 5.90. The molecule has 0 radical (unpaired) electrons. The highest BCUT2D eigenvalue weighted by Crippen LogP contribution is 2.35. The second kappa shape index (κ2) is 5.58. The van der Waals surface area contributed by atoms with Crippen molar-refractivity contribution in [1.82, 2.24) is 4.98 Å². The van der Waals surface area contributed by atoms with E-state index in [1.165, 1.54) is 6.20 Å². The smallest absolute Gasteiger partial charge is 0.324 e. The molecule has 1 heterocycles. The molecule has 106 valence electrons. The first kappa shape index (κ1) is 14.5. The van der Waals surface area contributed by atoms with Gasteiger partial charge in [0, 0.05) is 24.4 Å². The molecule has 1 aromatic heterocycles. The fraction of sp³-hybridized carbons (Fsp3) is 0.214. The fourth-order valence-electron chi connectivity index (χ4n) is 1.95. The lowest BCUT2D eigenvalue weighted by Gasteiger charge is -2.18. The monoisotopic (exact) mass is 284 g/mol. The van der Waals surface area contributed by atoms with E-state index < -0.39 is 23.6 Å². The first-order chi connectivity index (χ1) is 9.38. The van der Waals surface area contributed by atoms with E-state index in [2.05, 4.69) is 4.98 Å². The van der Waals surface area contributed by atoms with Crippen molar-refractivity contribution in [3.63, 3.8) is 0 Å². The minimum absolute atomic E-state index is 0.105. The third kappa shape index (κ3) is 3.33. The highest BCUT2D eigenvalue weighted by atomic mass is 19.4. The number of aromatic nitrogens is 1. The largest absolute Gasteiger partial charge is 0.416 e. The van der Waals surface area contributed by atoms with Gasteiger partial charge < -0.3 is 5.73 Å². The molecule has 1 atom stereocenters. The molecule has 0 fully saturated rings. The van der Waals surface area contributed by atoms with E-state index in [9.17, 15) is 17.6 Å². The summed E-state index contributed by atoms with van der Waals surface area (Å²) >= 11 is 0. The number of pyridine rings is 1. The van der Waals surface area contributed by atoms with Gasteiger partial charge in [0.1, 0.15) is 5.82 Å². The molecule has 20 heavy (non-hydrogen) atoms. The summed E-state index contributed by atoms with van der Waals surface area (Å²) in [4.78, 5) is 4.00. The number of nitrogens with zero attached hydrogens (tertiary/aromatic N) is 1. The average molecular weight is 284 g/mol. The summed E-state index contributed by atoms with van der Waals surface area (Å²) in [6.07, 6.45) is -2.93. The zero-order chi connectivity index (χ0) is 14.8. The van der Waals surface area contributed by atoms with Gasteiger partial charge in [0.2, 0.25) is 0 Å². The Hall–Kier alpha value is -1.95. The Morgan fingerprint density at radius 2 is 1.90 bits per heavy atom. The molecule has 2 N–H and O–H groups in total. The molecule has 0 bridgehead atoms. The summed E-state index contributed by atoms with van der Waals surface area (Å²) in [6.45, 7) is 0. The van der Waals surface area contributed by atoms with Crippen LogP contribution >= 0.6 is 0 Å². The molecule has 0 aliphatic carbocycles. The van der Waals surface area contributed by atoms with Crippen molar-refractivity contribution in [2.45, 2.75) is 18.6 Å². The van der Waals surface area contributed by atoms with Crippen LogP contribution in [0.25, 0.3) is 0 Å². The van der Waals surface area contributed by atoms with Gasteiger partial charge in [0.25, 0.3) is 0 Å². The maximum atomic E-state index is 13.2. The maximum Gasteiger partial charge on any atom is 0.416 e. The highest BCUT2D eigenvalue weighted by Gasteiger charge is 2.34. The van der Waals surface area contributed by atoms with Gasteiger partial charge in [0.15, 0.2) is 0 Å². The predicted molar refractivity (Wildman–Crippen MR) is 66.3 cm³/mol. The van der Waals surface area contributed by atoms with Crippen molar-refractivity contribution in [3.8, 4) is 0 Å². The molecule has 1 unspecified atom stereocenters. The minimum atomic E-state index is -4.56. The lowest BCUT2D eigenvalue weighted by atomic mass is 9.96. The second-order valence-electron chi connectivity index (χ2n) is 4.36. The Morgan fingerprint density at radius 1 is 1.15 bits per heavy atom. The van der Waals surface area contributed by atoms with Crippen LogP contribution in [0.5, 0.6) is 0 Å². The van der Waals surface area contributed by atoms with Gasteiger partial charge >= 0.3 is 6.18 Å². The predicted octanol–water partition coefficient (Wildman–Crippen LogP) is 3.48. The van der Waals surface area contributed by atoms with E-state index in [-0.39, 0.29) is 12.0 Å². The minimum Gasteiger partial charge on any atom is -0.324 e. The van der Waals surface area contributed by atoms with E-state index >= 15 is 0 Å². The maximum absolute atomic E-state index is 13.2. The summed E-state index contributed by atoms with van der Waals surface area (Å²) in [5.41, 5.74) is 5.16. The van der Waals surface area contributed by atoms with Crippen LogP contribution in [0.2, 0.25) is 0 Å². The van der Waals surface area contributed by atoms with Gasteiger partial charge in [-0.3, -0.25) is 4.98 Å². The van der Waals surface area contributed by atoms with E-state index in [1.54, 1.807) is 18.2 Å². The van der Waals surface area contributed by atoms with E-state index in [0.717, 1.165) is 12.1 Å². The Labute approximate surface area is 113 Å². The first-order valence-electron chi connectivity index (χ1n) is 5.90. The van der Waals surface area contributed by atoms with Crippen molar-refractivity contribution >= 4 is 0 Å². The molecule has 0 amide bonds. The van der Waals surface area contributed by atoms with Gasteiger partial charge in [-0.2, -0.15) is 13.2 Å². The molecule has 2 nitrogen and oxygen atoms in total. The zero-order valence-electron chi connectivity index (χ0n) is 10.4.